The van der Waals surface area contributed by atoms with Crippen LogP contribution in [0.1, 0.15) is 31.1 Å². The molecule has 0 atom stereocenters. The first-order valence-electron chi connectivity index (χ1n) is 8.99. The molecule has 0 aliphatic rings. The molecule has 2 aromatic rings. The molecule has 2 aromatic carbocycles. The van der Waals surface area contributed by atoms with Crippen LogP contribution in [-0.2, 0) is 4.79 Å². The summed E-state index contributed by atoms with van der Waals surface area (Å²) in [6, 6.07) is 10.0. The van der Waals surface area contributed by atoms with Crippen LogP contribution in [-0.4, -0.2) is 38.6 Å². The largest absolute Gasteiger partial charge is 0.494 e. The smallest absolute Gasteiger partial charge is 0.262 e. The lowest BCUT2D eigenvalue weighted by molar-refractivity contribution is -0.118. The van der Waals surface area contributed by atoms with E-state index in [2.05, 4.69) is 5.32 Å². The van der Waals surface area contributed by atoms with E-state index in [0.717, 1.165) is 0 Å². The second-order valence-corrected chi connectivity index (χ2v) is 5.78. The number of ketones is 1. The molecule has 0 saturated heterocycles. The van der Waals surface area contributed by atoms with E-state index in [-0.39, 0.29) is 18.3 Å². The van der Waals surface area contributed by atoms with E-state index in [1.165, 1.54) is 14.0 Å². The number of ether oxygens (including phenoxy) is 4. The molecule has 0 bridgehead atoms. The van der Waals surface area contributed by atoms with Crippen LogP contribution < -0.4 is 24.3 Å². The van der Waals surface area contributed by atoms with Crippen molar-refractivity contribution in [3.8, 4) is 23.0 Å². The van der Waals surface area contributed by atoms with Crippen molar-refractivity contribution in [2.24, 2.45) is 0 Å². The quantitative estimate of drug-likeness (QED) is 0.626. The maximum absolute atomic E-state index is 12.4. The molecule has 7 nitrogen and oxygen atoms in total. The molecule has 0 saturated carbocycles. The Morgan fingerprint density at radius 3 is 2.25 bits per heavy atom. The minimum absolute atomic E-state index is 0.0831. The minimum Gasteiger partial charge on any atom is -0.494 e. The minimum atomic E-state index is -0.368. The monoisotopic (exact) mass is 387 g/mol. The Kier molecular flexibility index (Phi) is 7.68. The van der Waals surface area contributed by atoms with Gasteiger partial charge in [0.1, 0.15) is 11.5 Å². The fraction of sp³-hybridized carbons (Fsp3) is 0.333. The maximum Gasteiger partial charge on any atom is 0.262 e. The summed E-state index contributed by atoms with van der Waals surface area (Å²) < 4.78 is 21.8. The highest BCUT2D eigenvalue weighted by molar-refractivity contribution is 5.95. The zero-order valence-electron chi connectivity index (χ0n) is 16.5. The third-order valence-corrected chi connectivity index (χ3v) is 3.76. The summed E-state index contributed by atoms with van der Waals surface area (Å²) in [5.41, 5.74) is 1.00. The van der Waals surface area contributed by atoms with Gasteiger partial charge in [0.2, 0.25) is 0 Å². The Morgan fingerprint density at radius 2 is 1.61 bits per heavy atom. The van der Waals surface area contributed by atoms with Crippen molar-refractivity contribution in [1.29, 1.82) is 0 Å². The van der Waals surface area contributed by atoms with E-state index in [1.807, 2.05) is 13.8 Å². The second kappa shape index (κ2) is 10.2. The first-order valence-corrected chi connectivity index (χ1v) is 8.99. The molecule has 150 valence electrons. The summed E-state index contributed by atoms with van der Waals surface area (Å²) in [5.74, 6) is 1.48. The number of methoxy groups -OCH3 is 1. The SMILES string of the molecule is CCOc1ccc(OCC)c(NC(=O)COc2ccc(C(C)=O)cc2OC)c1. The summed E-state index contributed by atoms with van der Waals surface area (Å²) in [4.78, 5) is 23.8. The van der Waals surface area contributed by atoms with Crippen LogP contribution in [0.5, 0.6) is 23.0 Å². The molecule has 0 unspecified atom stereocenters. The predicted molar refractivity (Wildman–Crippen MR) is 106 cm³/mol. The number of carbonyl (C=O) groups is 2. The van der Waals surface area contributed by atoms with Crippen molar-refractivity contribution in [3.05, 3.63) is 42.0 Å². The first kappa shape index (κ1) is 21.1. The molecule has 0 fully saturated rings. The average Bonchev–Trinajstić information content (AvgIpc) is 2.68. The van der Waals surface area contributed by atoms with E-state index < -0.39 is 0 Å². The van der Waals surface area contributed by atoms with Crippen molar-refractivity contribution in [1.82, 2.24) is 0 Å². The number of nitrogens with one attached hydrogen (secondary N) is 1. The molecular formula is C21H25NO6. The molecule has 0 aliphatic carbocycles. The van der Waals surface area contributed by atoms with Gasteiger partial charge in [-0.1, -0.05) is 0 Å². The Morgan fingerprint density at radius 1 is 0.893 bits per heavy atom. The molecule has 2 rings (SSSR count). The summed E-state index contributed by atoms with van der Waals surface area (Å²) in [6.07, 6.45) is 0. The van der Waals surface area contributed by atoms with E-state index in [1.54, 1.807) is 36.4 Å². The summed E-state index contributed by atoms with van der Waals surface area (Å²) in [7, 11) is 1.47. The van der Waals surface area contributed by atoms with E-state index in [9.17, 15) is 9.59 Å². The van der Waals surface area contributed by atoms with Crippen LogP contribution in [0.3, 0.4) is 0 Å². The predicted octanol–water partition coefficient (Wildman–Crippen LogP) is 3.71. The molecule has 0 aromatic heterocycles. The zero-order chi connectivity index (χ0) is 20.5. The number of rotatable bonds is 10. The van der Waals surface area contributed by atoms with E-state index in [0.29, 0.717) is 47.5 Å². The van der Waals surface area contributed by atoms with Gasteiger partial charge in [0.05, 0.1) is 26.0 Å². The standard InChI is InChI=1S/C21H25NO6/c1-5-26-16-8-10-18(27-6-2)17(12-16)22-21(24)13-28-19-9-7-15(14(3)23)11-20(19)25-4/h7-12H,5-6,13H2,1-4H3,(H,22,24). The van der Waals surface area contributed by atoms with Gasteiger partial charge in [-0.3, -0.25) is 9.59 Å². The van der Waals surface area contributed by atoms with Crippen LogP contribution >= 0.6 is 0 Å². The van der Waals surface area contributed by atoms with Gasteiger partial charge in [0, 0.05) is 11.6 Å². The number of carbonyl (C=O) groups excluding carboxylic acids is 2. The van der Waals surface area contributed by atoms with Crippen LogP contribution in [0.15, 0.2) is 36.4 Å². The third kappa shape index (κ3) is 5.64. The highest BCUT2D eigenvalue weighted by Crippen LogP contribution is 2.30. The van der Waals surface area contributed by atoms with Gasteiger partial charge < -0.3 is 24.3 Å². The molecule has 0 aliphatic heterocycles. The normalized spacial score (nSPS) is 10.1. The lowest BCUT2D eigenvalue weighted by Gasteiger charge is -2.14. The molecule has 1 N–H and O–H groups in total. The van der Waals surface area contributed by atoms with Gasteiger partial charge in [-0.15, -0.1) is 0 Å². The molecular weight excluding hydrogens is 362 g/mol. The Hall–Kier alpha value is -3.22. The lowest BCUT2D eigenvalue weighted by Crippen LogP contribution is -2.21. The number of anilines is 1. The maximum atomic E-state index is 12.4. The Bertz CT molecular complexity index is 834. The zero-order valence-corrected chi connectivity index (χ0v) is 16.5. The molecule has 0 radical (unpaired) electrons. The summed E-state index contributed by atoms with van der Waals surface area (Å²) >= 11 is 0. The molecule has 0 heterocycles. The topological polar surface area (TPSA) is 83.1 Å². The van der Waals surface area contributed by atoms with Gasteiger partial charge in [0.15, 0.2) is 23.9 Å². The van der Waals surface area contributed by atoms with Crippen molar-refractivity contribution in [2.75, 3.05) is 32.2 Å². The van der Waals surface area contributed by atoms with Crippen LogP contribution in [0, 0.1) is 0 Å². The van der Waals surface area contributed by atoms with E-state index in [4.69, 9.17) is 18.9 Å². The highest BCUT2D eigenvalue weighted by atomic mass is 16.5. The average molecular weight is 387 g/mol. The molecule has 0 spiro atoms. The second-order valence-electron chi connectivity index (χ2n) is 5.78. The van der Waals surface area contributed by atoms with Gasteiger partial charge >= 0.3 is 0 Å². The van der Waals surface area contributed by atoms with Crippen molar-refractivity contribution < 1.29 is 28.5 Å². The fourth-order valence-corrected chi connectivity index (χ4v) is 2.48. The van der Waals surface area contributed by atoms with Crippen LogP contribution in [0.4, 0.5) is 5.69 Å². The lowest BCUT2D eigenvalue weighted by atomic mass is 10.1. The van der Waals surface area contributed by atoms with Crippen molar-refractivity contribution in [3.63, 3.8) is 0 Å². The van der Waals surface area contributed by atoms with Gasteiger partial charge in [-0.25, -0.2) is 0 Å². The van der Waals surface area contributed by atoms with Crippen molar-refractivity contribution >= 4 is 17.4 Å². The number of Topliss-reactive ketones (excluding diaryl/α,β-unsaturated/α-hetero) is 1. The number of benzene rings is 2. The number of hydrogen-bond donors (Lipinski definition) is 1. The Labute approximate surface area is 164 Å². The van der Waals surface area contributed by atoms with Crippen molar-refractivity contribution in [2.45, 2.75) is 20.8 Å². The van der Waals surface area contributed by atoms with Crippen LogP contribution in [0.25, 0.3) is 0 Å². The van der Waals surface area contributed by atoms with E-state index >= 15 is 0 Å². The van der Waals surface area contributed by atoms with Gasteiger partial charge in [0.25, 0.3) is 5.91 Å². The summed E-state index contributed by atoms with van der Waals surface area (Å²) in [5, 5.41) is 2.77. The van der Waals surface area contributed by atoms with Gasteiger partial charge in [-0.05, 0) is 51.1 Å². The van der Waals surface area contributed by atoms with Gasteiger partial charge in [-0.2, -0.15) is 0 Å². The first-order chi connectivity index (χ1) is 13.5. The van der Waals surface area contributed by atoms with Crippen LogP contribution in [0.2, 0.25) is 0 Å². The highest BCUT2D eigenvalue weighted by Gasteiger charge is 2.13. The molecule has 28 heavy (non-hydrogen) atoms. The number of hydrogen-bond acceptors (Lipinski definition) is 6. The fourth-order valence-electron chi connectivity index (χ4n) is 2.48. The summed E-state index contributed by atoms with van der Waals surface area (Å²) in [6.45, 7) is 5.96. The third-order valence-electron chi connectivity index (χ3n) is 3.76. The Balaban J connectivity index is 2.08. The molecule has 1 amide bonds. The number of amides is 1. The molecule has 7 heteroatoms.